The zero-order chi connectivity index (χ0) is 13.8. The van der Waals surface area contributed by atoms with E-state index >= 15 is 0 Å². The third kappa shape index (κ3) is 4.21. The molecule has 5 nitrogen and oxygen atoms in total. The first kappa shape index (κ1) is 14.8. The predicted octanol–water partition coefficient (Wildman–Crippen LogP) is 0.902. The van der Waals surface area contributed by atoms with Gasteiger partial charge in [-0.25, -0.2) is 8.78 Å². The smallest absolute Gasteiger partial charge is 0.301 e. The molecule has 0 heterocycles. The summed E-state index contributed by atoms with van der Waals surface area (Å²) in [6.07, 6.45) is 0.495. The van der Waals surface area contributed by atoms with Crippen LogP contribution in [-0.2, 0) is 10.2 Å². The van der Waals surface area contributed by atoms with E-state index in [4.69, 9.17) is 5.73 Å². The van der Waals surface area contributed by atoms with E-state index in [1.807, 2.05) is 0 Å². The van der Waals surface area contributed by atoms with Gasteiger partial charge >= 0.3 is 10.2 Å². The molecule has 0 unspecified atom stereocenters. The monoisotopic (exact) mass is 279 g/mol. The van der Waals surface area contributed by atoms with E-state index in [9.17, 15) is 17.2 Å². The van der Waals surface area contributed by atoms with Crippen molar-refractivity contribution in [3.8, 4) is 0 Å². The maximum absolute atomic E-state index is 12.9. The number of halogens is 2. The van der Waals surface area contributed by atoms with Gasteiger partial charge in [0, 0.05) is 19.7 Å². The summed E-state index contributed by atoms with van der Waals surface area (Å²) < 4.78 is 52.4. The molecular weight excluding hydrogens is 264 g/mol. The van der Waals surface area contributed by atoms with Gasteiger partial charge in [-0.1, -0.05) is 0 Å². The second-order valence-corrected chi connectivity index (χ2v) is 5.51. The van der Waals surface area contributed by atoms with Crippen LogP contribution in [0.4, 0.5) is 14.5 Å². The standard InChI is InChI=1S/C10H15F2N3O2S/c1-15(4-2-3-13)18(16,17)14-10-6-8(11)5-9(12)7-10/h5-7,14H,2-4,13H2,1H3. The quantitative estimate of drug-likeness (QED) is 0.812. The molecule has 18 heavy (non-hydrogen) atoms. The molecule has 0 fully saturated rings. The third-order valence-corrected chi connectivity index (χ3v) is 3.69. The molecule has 0 aliphatic carbocycles. The number of hydrogen-bond acceptors (Lipinski definition) is 3. The number of nitrogens with two attached hydrogens (primary N) is 1. The van der Waals surface area contributed by atoms with E-state index < -0.39 is 21.8 Å². The molecule has 0 aromatic heterocycles. The highest BCUT2D eigenvalue weighted by Crippen LogP contribution is 2.15. The summed E-state index contributed by atoms with van der Waals surface area (Å²) in [6, 6.07) is 2.46. The van der Waals surface area contributed by atoms with Gasteiger partial charge in [-0.3, -0.25) is 4.72 Å². The number of nitrogens with zero attached hydrogens (tertiary/aromatic N) is 1. The highest BCUT2D eigenvalue weighted by atomic mass is 32.2. The Morgan fingerprint density at radius 1 is 1.28 bits per heavy atom. The van der Waals surface area contributed by atoms with Crippen LogP contribution in [0.15, 0.2) is 18.2 Å². The Kier molecular flexibility index (Phi) is 5.00. The van der Waals surface area contributed by atoms with Crippen LogP contribution in [0.25, 0.3) is 0 Å². The minimum absolute atomic E-state index is 0.160. The fraction of sp³-hybridized carbons (Fsp3) is 0.400. The van der Waals surface area contributed by atoms with Crippen molar-refractivity contribution in [3.05, 3.63) is 29.8 Å². The second kappa shape index (κ2) is 6.07. The molecule has 0 bridgehead atoms. The Morgan fingerprint density at radius 2 is 1.83 bits per heavy atom. The van der Waals surface area contributed by atoms with Crippen LogP contribution in [-0.4, -0.2) is 32.9 Å². The van der Waals surface area contributed by atoms with E-state index in [0.717, 1.165) is 16.4 Å². The molecule has 0 aliphatic heterocycles. The van der Waals surface area contributed by atoms with Crippen LogP contribution in [0.5, 0.6) is 0 Å². The molecule has 0 aliphatic rings. The largest absolute Gasteiger partial charge is 0.330 e. The summed E-state index contributed by atoms with van der Waals surface area (Å²) in [6.45, 7) is 0.581. The molecule has 102 valence electrons. The van der Waals surface area contributed by atoms with Crippen molar-refractivity contribution in [1.82, 2.24) is 4.31 Å². The molecular formula is C10H15F2N3O2S. The Balaban J connectivity index is 2.81. The number of nitrogens with one attached hydrogen (secondary N) is 1. The van der Waals surface area contributed by atoms with Gasteiger partial charge in [0.05, 0.1) is 5.69 Å². The van der Waals surface area contributed by atoms with E-state index in [-0.39, 0.29) is 12.2 Å². The summed E-state index contributed by atoms with van der Waals surface area (Å²) in [5.74, 6) is -1.70. The number of anilines is 1. The normalized spacial score (nSPS) is 11.8. The van der Waals surface area contributed by atoms with E-state index in [0.29, 0.717) is 19.0 Å². The van der Waals surface area contributed by atoms with Crippen molar-refractivity contribution in [3.63, 3.8) is 0 Å². The maximum Gasteiger partial charge on any atom is 0.301 e. The van der Waals surface area contributed by atoms with Crippen molar-refractivity contribution in [2.24, 2.45) is 5.73 Å². The van der Waals surface area contributed by atoms with Gasteiger partial charge in [-0.15, -0.1) is 0 Å². The van der Waals surface area contributed by atoms with Gasteiger partial charge in [-0.2, -0.15) is 12.7 Å². The van der Waals surface area contributed by atoms with Gasteiger partial charge in [0.2, 0.25) is 0 Å². The number of rotatable bonds is 6. The van der Waals surface area contributed by atoms with Crippen molar-refractivity contribution in [2.45, 2.75) is 6.42 Å². The predicted molar refractivity (Wildman–Crippen MR) is 65.2 cm³/mol. The molecule has 0 atom stereocenters. The average molecular weight is 279 g/mol. The highest BCUT2D eigenvalue weighted by molar-refractivity contribution is 7.90. The van der Waals surface area contributed by atoms with Gasteiger partial charge in [0.25, 0.3) is 0 Å². The first-order chi connectivity index (χ1) is 8.35. The number of hydrogen-bond donors (Lipinski definition) is 2. The molecule has 0 saturated heterocycles. The Bertz CT molecular complexity index is 488. The van der Waals surface area contributed by atoms with E-state index in [1.54, 1.807) is 0 Å². The molecule has 0 amide bonds. The third-order valence-electron chi connectivity index (χ3n) is 2.20. The minimum atomic E-state index is -3.82. The van der Waals surface area contributed by atoms with Crippen molar-refractivity contribution in [2.75, 3.05) is 24.9 Å². The van der Waals surface area contributed by atoms with Crippen molar-refractivity contribution in [1.29, 1.82) is 0 Å². The molecule has 1 aromatic carbocycles. The Labute approximate surface area is 105 Å². The number of benzene rings is 1. The summed E-state index contributed by atoms with van der Waals surface area (Å²) in [5.41, 5.74) is 5.11. The lowest BCUT2D eigenvalue weighted by molar-refractivity contribution is 0.468. The van der Waals surface area contributed by atoms with Crippen molar-refractivity contribution < 1.29 is 17.2 Å². The van der Waals surface area contributed by atoms with E-state index in [2.05, 4.69) is 4.72 Å². The molecule has 0 radical (unpaired) electrons. The van der Waals surface area contributed by atoms with Crippen LogP contribution in [0, 0.1) is 11.6 Å². The van der Waals surface area contributed by atoms with Crippen LogP contribution >= 0.6 is 0 Å². The van der Waals surface area contributed by atoms with Gasteiger partial charge in [0.1, 0.15) is 11.6 Å². The fourth-order valence-electron chi connectivity index (χ4n) is 1.27. The summed E-state index contributed by atoms with van der Waals surface area (Å²) in [7, 11) is -2.47. The van der Waals surface area contributed by atoms with Crippen LogP contribution in [0.2, 0.25) is 0 Å². The Hall–Kier alpha value is -1.25. The first-order valence-electron chi connectivity index (χ1n) is 5.25. The summed E-state index contributed by atoms with van der Waals surface area (Å²) in [5, 5.41) is 0. The molecule has 1 rings (SSSR count). The average Bonchev–Trinajstić information content (AvgIpc) is 2.23. The lowest BCUT2D eigenvalue weighted by atomic mass is 10.3. The Morgan fingerprint density at radius 3 is 2.33 bits per heavy atom. The lowest BCUT2D eigenvalue weighted by Crippen LogP contribution is -2.34. The van der Waals surface area contributed by atoms with Gasteiger partial charge < -0.3 is 5.73 Å². The first-order valence-corrected chi connectivity index (χ1v) is 6.69. The maximum atomic E-state index is 12.9. The van der Waals surface area contributed by atoms with Gasteiger partial charge in [-0.05, 0) is 25.1 Å². The summed E-state index contributed by atoms with van der Waals surface area (Å²) in [4.78, 5) is 0. The lowest BCUT2D eigenvalue weighted by Gasteiger charge is -2.17. The van der Waals surface area contributed by atoms with Crippen LogP contribution in [0.3, 0.4) is 0 Å². The molecule has 1 aromatic rings. The molecule has 0 spiro atoms. The zero-order valence-corrected chi connectivity index (χ0v) is 10.7. The fourth-order valence-corrected chi connectivity index (χ4v) is 2.21. The molecule has 3 N–H and O–H groups in total. The zero-order valence-electron chi connectivity index (χ0n) is 9.86. The van der Waals surface area contributed by atoms with Crippen molar-refractivity contribution >= 4 is 15.9 Å². The minimum Gasteiger partial charge on any atom is -0.330 e. The topological polar surface area (TPSA) is 75.4 Å². The second-order valence-electron chi connectivity index (χ2n) is 3.73. The molecule has 0 saturated carbocycles. The van der Waals surface area contributed by atoms with Crippen LogP contribution in [0.1, 0.15) is 6.42 Å². The van der Waals surface area contributed by atoms with E-state index in [1.165, 1.54) is 7.05 Å². The SMILES string of the molecule is CN(CCCN)S(=O)(=O)Nc1cc(F)cc(F)c1. The van der Waals surface area contributed by atoms with Crippen LogP contribution < -0.4 is 10.5 Å². The molecule has 8 heteroatoms. The summed E-state index contributed by atoms with van der Waals surface area (Å²) >= 11 is 0. The highest BCUT2D eigenvalue weighted by Gasteiger charge is 2.17. The van der Waals surface area contributed by atoms with Gasteiger partial charge in [0.15, 0.2) is 0 Å².